The van der Waals surface area contributed by atoms with Crippen molar-refractivity contribution in [2.75, 3.05) is 5.32 Å². The van der Waals surface area contributed by atoms with E-state index in [9.17, 15) is 9.59 Å². The second-order valence-electron chi connectivity index (χ2n) is 2.17. The zero-order chi connectivity index (χ0) is 10.4. The number of aromatic nitrogens is 1. The molecule has 14 heavy (non-hydrogen) atoms. The molecule has 0 saturated carbocycles. The smallest absolute Gasteiger partial charge is 0.283 e. The molecule has 0 aliphatic carbocycles. The van der Waals surface area contributed by atoms with E-state index in [0.29, 0.717) is 5.13 Å². The molecule has 0 fully saturated rings. The van der Waals surface area contributed by atoms with Gasteiger partial charge in [-0.3, -0.25) is 15.4 Å². The van der Waals surface area contributed by atoms with E-state index in [1.807, 2.05) is 5.32 Å². The highest BCUT2D eigenvalue weighted by molar-refractivity contribution is 7.13. The Labute approximate surface area is 83.6 Å². The molecular formula is C7H6N4O2S. The van der Waals surface area contributed by atoms with Crippen molar-refractivity contribution in [2.45, 2.75) is 6.42 Å². The summed E-state index contributed by atoms with van der Waals surface area (Å²) in [7, 11) is 0. The van der Waals surface area contributed by atoms with Crippen molar-refractivity contribution in [1.29, 1.82) is 5.26 Å². The Bertz CT molecular complexity index is 368. The topological polar surface area (TPSA) is 94.9 Å². The summed E-state index contributed by atoms with van der Waals surface area (Å²) < 4.78 is 0. The van der Waals surface area contributed by atoms with Crippen LogP contribution in [-0.4, -0.2) is 16.9 Å². The molecule has 0 radical (unpaired) electrons. The fraction of sp³-hybridized carbons (Fsp3) is 0.143. The minimum absolute atomic E-state index is 0.342. The summed E-state index contributed by atoms with van der Waals surface area (Å²) in [6.45, 7) is 0. The highest BCUT2D eigenvalue weighted by Crippen LogP contribution is 2.09. The first kappa shape index (κ1) is 10.1. The number of anilines is 1. The first-order valence-corrected chi connectivity index (χ1v) is 4.47. The number of nitrogens with zero attached hydrogens (tertiary/aromatic N) is 2. The van der Waals surface area contributed by atoms with Gasteiger partial charge in [-0.2, -0.15) is 5.26 Å². The second kappa shape index (κ2) is 4.94. The number of nitriles is 1. The average Bonchev–Trinajstić information content (AvgIpc) is 2.56. The fourth-order valence-corrected chi connectivity index (χ4v) is 1.18. The first-order chi connectivity index (χ1) is 6.72. The quantitative estimate of drug-likeness (QED) is 0.751. The number of carbonyl (C=O) groups excluding carboxylic acids is 2. The van der Waals surface area contributed by atoms with E-state index in [1.54, 1.807) is 11.4 Å². The number of nitrogens with one attached hydrogen (secondary N) is 2. The average molecular weight is 210 g/mol. The third-order valence-electron chi connectivity index (χ3n) is 1.15. The number of hydrogen-bond donors (Lipinski definition) is 2. The molecule has 72 valence electrons. The van der Waals surface area contributed by atoms with Crippen molar-refractivity contribution in [2.24, 2.45) is 0 Å². The molecule has 2 N–H and O–H groups in total. The van der Waals surface area contributed by atoms with Gasteiger partial charge in [-0.1, -0.05) is 0 Å². The molecule has 0 saturated heterocycles. The van der Waals surface area contributed by atoms with E-state index in [-0.39, 0.29) is 6.42 Å². The lowest BCUT2D eigenvalue weighted by atomic mass is 10.4. The summed E-state index contributed by atoms with van der Waals surface area (Å²) in [6, 6.07) is 0.946. The molecule has 0 spiro atoms. The number of amides is 3. The van der Waals surface area contributed by atoms with Gasteiger partial charge in [0.25, 0.3) is 0 Å². The predicted octanol–water partition coefficient (Wildman–Crippen LogP) is 0.705. The Morgan fingerprint density at radius 2 is 2.43 bits per heavy atom. The van der Waals surface area contributed by atoms with Crippen molar-refractivity contribution in [3.05, 3.63) is 11.6 Å². The maximum atomic E-state index is 11.0. The summed E-state index contributed by atoms with van der Waals surface area (Å²) in [5.74, 6) is -0.637. The van der Waals surface area contributed by atoms with Crippen LogP contribution < -0.4 is 10.6 Å². The highest BCUT2D eigenvalue weighted by Gasteiger charge is 2.07. The number of carbonyl (C=O) groups is 2. The van der Waals surface area contributed by atoms with E-state index < -0.39 is 11.9 Å². The third-order valence-corrected chi connectivity index (χ3v) is 1.83. The van der Waals surface area contributed by atoms with Gasteiger partial charge in [-0.05, 0) is 0 Å². The van der Waals surface area contributed by atoms with Crippen molar-refractivity contribution >= 4 is 28.4 Å². The SMILES string of the molecule is N#CCC(=O)NC(=O)Nc1nccs1. The maximum absolute atomic E-state index is 11.0. The van der Waals surface area contributed by atoms with E-state index in [4.69, 9.17) is 5.26 Å². The normalized spacial score (nSPS) is 8.79. The summed E-state index contributed by atoms with van der Waals surface area (Å²) >= 11 is 1.23. The van der Waals surface area contributed by atoms with Crippen LogP contribution >= 0.6 is 11.3 Å². The van der Waals surface area contributed by atoms with Crippen molar-refractivity contribution in [1.82, 2.24) is 10.3 Å². The maximum Gasteiger partial charge on any atom is 0.327 e. The lowest BCUT2D eigenvalue weighted by molar-refractivity contribution is -0.118. The molecule has 0 aliphatic rings. The van der Waals surface area contributed by atoms with Crippen LogP contribution in [0.3, 0.4) is 0 Å². The lowest BCUT2D eigenvalue weighted by Crippen LogP contribution is -2.33. The molecule has 1 aromatic heterocycles. The van der Waals surface area contributed by atoms with Gasteiger partial charge in [-0.25, -0.2) is 9.78 Å². The minimum atomic E-state index is -0.680. The van der Waals surface area contributed by atoms with Crippen molar-refractivity contribution in [3.63, 3.8) is 0 Å². The Kier molecular flexibility index (Phi) is 3.58. The number of thiazole rings is 1. The van der Waals surface area contributed by atoms with Crippen LogP contribution in [0.25, 0.3) is 0 Å². The van der Waals surface area contributed by atoms with Gasteiger partial charge in [0.2, 0.25) is 5.91 Å². The van der Waals surface area contributed by atoms with Gasteiger partial charge < -0.3 is 0 Å². The van der Waals surface area contributed by atoms with Crippen LogP contribution in [0.5, 0.6) is 0 Å². The van der Waals surface area contributed by atoms with E-state index in [1.165, 1.54) is 17.5 Å². The summed E-state index contributed by atoms with van der Waals surface area (Å²) in [5.41, 5.74) is 0. The molecule has 1 heterocycles. The zero-order valence-corrected chi connectivity index (χ0v) is 7.80. The summed E-state index contributed by atoms with van der Waals surface area (Å²) in [4.78, 5) is 25.6. The molecule has 3 amide bonds. The molecule has 0 bridgehead atoms. The molecule has 0 atom stereocenters. The lowest BCUT2D eigenvalue weighted by Gasteiger charge is -2.00. The van der Waals surface area contributed by atoms with Crippen LogP contribution in [0, 0.1) is 11.3 Å². The molecule has 1 rings (SSSR count). The summed E-state index contributed by atoms with van der Waals surface area (Å²) in [5, 5.41) is 14.5. The molecule has 0 aromatic carbocycles. The molecule has 0 unspecified atom stereocenters. The van der Waals surface area contributed by atoms with Gasteiger partial charge in [0.1, 0.15) is 6.42 Å². The monoisotopic (exact) mass is 210 g/mol. The molecule has 7 heteroatoms. The molecule has 0 aliphatic heterocycles. The van der Waals surface area contributed by atoms with Crippen LogP contribution in [0.2, 0.25) is 0 Å². The highest BCUT2D eigenvalue weighted by atomic mass is 32.1. The second-order valence-corrected chi connectivity index (χ2v) is 3.07. The Balaban J connectivity index is 2.37. The van der Waals surface area contributed by atoms with Crippen molar-refractivity contribution in [3.8, 4) is 6.07 Å². The molecular weight excluding hydrogens is 204 g/mol. The van der Waals surface area contributed by atoms with E-state index >= 15 is 0 Å². The number of urea groups is 1. The predicted molar refractivity (Wildman–Crippen MR) is 49.5 cm³/mol. The van der Waals surface area contributed by atoms with Gasteiger partial charge >= 0.3 is 6.03 Å². The van der Waals surface area contributed by atoms with Crippen molar-refractivity contribution < 1.29 is 9.59 Å². The van der Waals surface area contributed by atoms with E-state index in [0.717, 1.165) is 0 Å². The van der Waals surface area contributed by atoms with Gasteiger partial charge in [-0.15, -0.1) is 11.3 Å². The Hall–Kier alpha value is -1.94. The summed E-state index contributed by atoms with van der Waals surface area (Å²) in [6.07, 6.45) is 1.18. The Morgan fingerprint density at radius 3 is 3.00 bits per heavy atom. The zero-order valence-electron chi connectivity index (χ0n) is 6.98. The van der Waals surface area contributed by atoms with Gasteiger partial charge in [0, 0.05) is 11.6 Å². The third kappa shape index (κ3) is 3.20. The minimum Gasteiger partial charge on any atom is -0.283 e. The largest absolute Gasteiger partial charge is 0.327 e. The van der Waals surface area contributed by atoms with Crippen LogP contribution in [0.1, 0.15) is 6.42 Å². The fourth-order valence-electron chi connectivity index (χ4n) is 0.656. The Morgan fingerprint density at radius 1 is 1.64 bits per heavy atom. The number of rotatable bonds is 2. The van der Waals surface area contributed by atoms with Gasteiger partial charge in [0.15, 0.2) is 5.13 Å². The van der Waals surface area contributed by atoms with E-state index in [2.05, 4.69) is 10.3 Å². The number of imide groups is 1. The number of hydrogen-bond acceptors (Lipinski definition) is 5. The molecule has 6 nitrogen and oxygen atoms in total. The van der Waals surface area contributed by atoms with Crippen LogP contribution in [0.15, 0.2) is 11.6 Å². The van der Waals surface area contributed by atoms with Crippen LogP contribution in [0.4, 0.5) is 9.93 Å². The molecule has 1 aromatic rings. The first-order valence-electron chi connectivity index (χ1n) is 3.59. The standard InChI is InChI=1S/C7H6N4O2S/c8-2-1-5(12)10-6(13)11-7-9-3-4-14-7/h3-4H,1H2,(H2,9,10,11,12,13). The van der Waals surface area contributed by atoms with Crippen LogP contribution in [-0.2, 0) is 4.79 Å². The van der Waals surface area contributed by atoms with Gasteiger partial charge in [0.05, 0.1) is 6.07 Å².